The van der Waals surface area contributed by atoms with E-state index in [1.165, 1.54) is 0 Å². The first kappa shape index (κ1) is 19.2. The van der Waals surface area contributed by atoms with Crippen LogP contribution in [0.1, 0.15) is 59.3 Å². The predicted octanol–water partition coefficient (Wildman–Crippen LogP) is 3.76. The topological polar surface area (TPSA) is 74.6 Å². The number of halogens is 1. The van der Waals surface area contributed by atoms with Crippen LogP contribution in [0, 0.1) is 17.3 Å². The largest absolute Gasteiger partial charge is 0.481 e. The number of carboxylic acids is 1. The number of rotatable bonds is 8. The molecule has 0 unspecified atom stereocenters. The zero-order chi connectivity index (χ0) is 16.9. The number of Topliss-reactive ketones (excluding diaryl/α,β-unsaturated/α-hetero) is 1. The fourth-order valence-corrected chi connectivity index (χ4v) is 3.51. The van der Waals surface area contributed by atoms with Crippen LogP contribution < -0.4 is 0 Å². The molecule has 4 nitrogen and oxygen atoms in total. The highest BCUT2D eigenvalue weighted by Crippen LogP contribution is 2.38. The number of carbonyl (C=O) groups is 2. The van der Waals surface area contributed by atoms with Gasteiger partial charge in [0.15, 0.2) is 5.78 Å². The van der Waals surface area contributed by atoms with Crippen molar-refractivity contribution in [1.82, 2.24) is 0 Å². The van der Waals surface area contributed by atoms with Crippen molar-refractivity contribution >= 4 is 23.4 Å². The summed E-state index contributed by atoms with van der Waals surface area (Å²) >= 11 is 6.21. The molecule has 0 spiro atoms. The van der Waals surface area contributed by atoms with E-state index in [4.69, 9.17) is 16.7 Å². The molecule has 5 heteroatoms. The van der Waals surface area contributed by atoms with E-state index in [2.05, 4.69) is 6.92 Å². The van der Waals surface area contributed by atoms with Gasteiger partial charge < -0.3 is 10.2 Å². The molecule has 0 aliphatic heterocycles. The summed E-state index contributed by atoms with van der Waals surface area (Å²) in [4.78, 5) is 23.4. The zero-order valence-corrected chi connectivity index (χ0v) is 14.4. The molecule has 0 aromatic heterocycles. The van der Waals surface area contributed by atoms with Crippen LogP contribution in [-0.4, -0.2) is 28.1 Å². The third-order valence-electron chi connectivity index (χ3n) is 4.60. The maximum absolute atomic E-state index is 12.5. The summed E-state index contributed by atoms with van der Waals surface area (Å²) in [6.07, 6.45) is 4.92. The van der Waals surface area contributed by atoms with Crippen molar-refractivity contribution in [2.24, 2.45) is 17.3 Å². The Morgan fingerprint density at radius 1 is 1.32 bits per heavy atom. The fourth-order valence-electron chi connectivity index (χ4n) is 3.09. The molecule has 3 atom stereocenters. The van der Waals surface area contributed by atoms with E-state index >= 15 is 0 Å². The molecule has 1 saturated carbocycles. The maximum Gasteiger partial charge on any atom is 0.303 e. The average Bonchev–Trinajstić information content (AvgIpc) is 2.76. The predicted molar refractivity (Wildman–Crippen MR) is 86.7 cm³/mol. The van der Waals surface area contributed by atoms with Gasteiger partial charge in [0.05, 0.1) is 17.6 Å². The highest BCUT2D eigenvalue weighted by Gasteiger charge is 2.37. The first-order chi connectivity index (χ1) is 10.2. The molecule has 0 amide bonds. The van der Waals surface area contributed by atoms with Crippen LogP contribution in [0.4, 0.5) is 0 Å². The van der Waals surface area contributed by atoms with Crippen LogP contribution in [0.5, 0.6) is 0 Å². The molecule has 0 saturated heterocycles. The minimum Gasteiger partial charge on any atom is -0.481 e. The summed E-state index contributed by atoms with van der Waals surface area (Å²) in [5.41, 5.74) is -0.511. The molecule has 22 heavy (non-hydrogen) atoms. The Morgan fingerprint density at radius 2 is 1.95 bits per heavy atom. The van der Waals surface area contributed by atoms with E-state index < -0.39 is 17.5 Å². The molecule has 0 aromatic carbocycles. The second-order valence-electron chi connectivity index (χ2n) is 6.90. The molecule has 0 aromatic rings. The molecule has 1 aliphatic carbocycles. The fraction of sp³-hybridized carbons (Fsp3) is 0.765. The van der Waals surface area contributed by atoms with E-state index in [0.29, 0.717) is 12.8 Å². The molecule has 0 heterocycles. The van der Waals surface area contributed by atoms with Crippen molar-refractivity contribution in [2.75, 3.05) is 0 Å². The molecule has 2 N–H and O–H groups in total. The van der Waals surface area contributed by atoms with Gasteiger partial charge in [-0.1, -0.05) is 51.3 Å². The number of unbranched alkanes of at least 4 members (excludes halogenated alkanes) is 1. The molecule has 1 fully saturated rings. The zero-order valence-electron chi connectivity index (χ0n) is 13.6. The summed E-state index contributed by atoms with van der Waals surface area (Å²) in [6, 6.07) is 0. The first-order valence-electron chi connectivity index (χ1n) is 8.01. The number of ketones is 1. The van der Waals surface area contributed by atoms with Gasteiger partial charge in [-0.2, -0.15) is 0 Å². The molecule has 0 radical (unpaired) electrons. The summed E-state index contributed by atoms with van der Waals surface area (Å²) in [5, 5.41) is 19.0. The number of aliphatic hydroxyl groups excluding tert-OH is 1. The summed E-state index contributed by atoms with van der Waals surface area (Å²) in [5.74, 6) is -1.55. The van der Waals surface area contributed by atoms with Gasteiger partial charge in [-0.3, -0.25) is 9.59 Å². The number of hydrogen-bond donors (Lipinski definition) is 2. The maximum atomic E-state index is 12.5. The number of aliphatic carboxylic acids is 1. The summed E-state index contributed by atoms with van der Waals surface area (Å²) in [7, 11) is 0. The number of allylic oxidation sites excluding steroid dienone is 2. The highest BCUT2D eigenvalue weighted by atomic mass is 35.5. The molecular weight excluding hydrogens is 304 g/mol. The second-order valence-corrected chi connectivity index (χ2v) is 7.31. The quantitative estimate of drug-likeness (QED) is 0.664. The highest BCUT2D eigenvalue weighted by molar-refractivity contribution is 6.43. The molecule has 126 valence electrons. The van der Waals surface area contributed by atoms with Gasteiger partial charge in [-0.05, 0) is 25.2 Å². The van der Waals surface area contributed by atoms with Crippen LogP contribution in [-0.2, 0) is 9.59 Å². The minimum atomic E-state index is -0.935. The van der Waals surface area contributed by atoms with Gasteiger partial charge in [-0.15, -0.1) is 0 Å². The summed E-state index contributed by atoms with van der Waals surface area (Å²) in [6.45, 7) is 5.85. The van der Waals surface area contributed by atoms with E-state index in [9.17, 15) is 14.7 Å². The standard InChI is InChI=1S/C17H27ClO4/c1-4-5-8-17(2,3)16(22)13(18)9-11-6-7-14(19)12(11)10-15(20)21/h9,11-12,14,19H,4-8,10H2,1-3H3,(H,20,21)/t11-,12-,14+/m1/s1. The van der Waals surface area contributed by atoms with Gasteiger partial charge in [0.2, 0.25) is 0 Å². The second kappa shape index (κ2) is 8.11. The van der Waals surface area contributed by atoms with Crippen LogP contribution in [0.15, 0.2) is 11.1 Å². The van der Waals surface area contributed by atoms with Gasteiger partial charge in [0.1, 0.15) is 0 Å². The average molecular weight is 331 g/mol. The van der Waals surface area contributed by atoms with Crippen molar-refractivity contribution in [3.05, 3.63) is 11.1 Å². The number of carbonyl (C=O) groups excluding carboxylic acids is 1. The molecule has 0 bridgehead atoms. The summed E-state index contributed by atoms with van der Waals surface area (Å²) < 4.78 is 0. The third-order valence-corrected chi connectivity index (χ3v) is 4.90. The minimum absolute atomic E-state index is 0.0973. The number of aliphatic hydroxyl groups is 1. The van der Waals surface area contributed by atoms with Gasteiger partial charge in [0, 0.05) is 11.3 Å². The van der Waals surface area contributed by atoms with Crippen molar-refractivity contribution < 1.29 is 19.8 Å². The normalized spacial score (nSPS) is 26.2. The van der Waals surface area contributed by atoms with Crippen molar-refractivity contribution in [1.29, 1.82) is 0 Å². The first-order valence-corrected chi connectivity index (χ1v) is 8.38. The Morgan fingerprint density at radius 3 is 2.50 bits per heavy atom. The lowest BCUT2D eigenvalue weighted by Gasteiger charge is -2.23. The lowest BCUT2D eigenvalue weighted by atomic mass is 9.81. The Balaban J connectivity index is 2.82. The van der Waals surface area contributed by atoms with E-state index in [0.717, 1.165) is 19.3 Å². The SMILES string of the molecule is CCCCC(C)(C)C(=O)C(Cl)=C[C@H]1CC[C@H](O)[C@@H]1CC(=O)O. The van der Waals surface area contributed by atoms with Crippen LogP contribution >= 0.6 is 11.6 Å². The monoisotopic (exact) mass is 330 g/mol. The Bertz CT molecular complexity index is 442. The Hall–Kier alpha value is -0.870. The van der Waals surface area contributed by atoms with E-state index in [1.807, 2.05) is 13.8 Å². The van der Waals surface area contributed by atoms with Crippen molar-refractivity contribution in [3.63, 3.8) is 0 Å². The van der Waals surface area contributed by atoms with Crippen LogP contribution in [0.2, 0.25) is 0 Å². The van der Waals surface area contributed by atoms with Gasteiger partial charge in [0.25, 0.3) is 0 Å². The Labute approximate surface area is 137 Å². The van der Waals surface area contributed by atoms with Gasteiger partial charge >= 0.3 is 5.97 Å². The number of hydrogen-bond acceptors (Lipinski definition) is 3. The Kier molecular flexibility index (Phi) is 7.07. The third kappa shape index (κ3) is 5.10. The van der Waals surface area contributed by atoms with Crippen LogP contribution in [0.3, 0.4) is 0 Å². The van der Waals surface area contributed by atoms with E-state index in [1.54, 1.807) is 6.08 Å². The van der Waals surface area contributed by atoms with Crippen LogP contribution in [0.25, 0.3) is 0 Å². The van der Waals surface area contributed by atoms with Crippen molar-refractivity contribution in [2.45, 2.75) is 65.4 Å². The molecular formula is C17H27ClO4. The lowest BCUT2D eigenvalue weighted by molar-refractivity contribution is -0.139. The number of carboxylic acid groups (broad SMARTS) is 1. The van der Waals surface area contributed by atoms with Crippen molar-refractivity contribution in [3.8, 4) is 0 Å². The molecule has 1 aliphatic rings. The lowest BCUT2D eigenvalue weighted by Crippen LogP contribution is -2.26. The molecule has 1 rings (SSSR count). The van der Waals surface area contributed by atoms with E-state index in [-0.39, 0.29) is 29.1 Å². The smallest absolute Gasteiger partial charge is 0.303 e. The van der Waals surface area contributed by atoms with Gasteiger partial charge in [-0.25, -0.2) is 0 Å².